The second kappa shape index (κ2) is 6.28. The van der Waals surface area contributed by atoms with Gasteiger partial charge in [0, 0.05) is 30.7 Å². The van der Waals surface area contributed by atoms with Gasteiger partial charge in [-0.05, 0) is 42.5 Å². The summed E-state index contributed by atoms with van der Waals surface area (Å²) in [5, 5.41) is 5.75. The van der Waals surface area contributed by atoms with E-state index in [2.05, 4.69) is 10.1 Å². The Morgan fingerprint density at radius 2 is 1.96 bits per heavy atom. The van der Waals surface area contributed by atoms with Crippen LogP contribution in [0, 0.1) is 0 Å². The standard InChI is InChI=1S/C20H19N5O2/c1-24(2)14-6-4-5-12(9-14)20(26)25-19-16(18(21)23-25)11-13-10-15(27-3)7-8-17(13)22-19/h4-11H,1-3H3,(H2,21,23). The fourth-order valence-electron chi connectivity index (χ4n) is 3.01. The molecular weight excluding hydrogens is 342 g/mol. The van der Waals surface area contributed by atoms with Crippen molar-refractivity contribution in [2.75, 3.05) is 31.8 Å². The molecule has 7 heteroatoms. The first-order valence-corrected chi connectivity index (χ1v) is 8.43. The summed E-state index contributed by atoms with van der Waals surface area (Å²) in [6, 6.07) is 14.8. The van der Waals surface area contributed by atoms with E-state index in [0.717, 1.165) is 22.3 Å². The maximum atomic E-state index is 13.1. The molecular formula is C20H19N5O2. The molecule has 0 fully saturated rings. The van der Waals surface area contributed by atoms with Crippen LogP contribution in [-0.4, -0.2) is 41.9 Å². The summed E-state index contributed by atoms with van der Waals surface area (Å²) in [5.74, 6) is 0.714. The predicted octanol–water partition coefficient (Wildman–Crippen LogP) is 2.93. The van der Waals surface area contributed by atoms with Gasteiger partial charge in [0.15, 0.2) is 11.5 Å². The molecule has 0 saturated carbocycles. The molecule has 0 aliphatic rings. The molecule has 0 aliphatic carbocycles. The minimum atomic E-state index is -0.277. The molecule has 4 rings (SSSR count). The van der Waals surface area contributed by atoms with E-state index in [0.29, 0.717) is 16.6 Å². The van der Waals surface area contributed by atoms with Crippen LogP contribution in [0.15, 0.2) is 48.5 Å². The molecule has 0 radical (unpaired) electrons. The summed E-state index contributed by atoms with van der Waals surface area (Å²) in [6.45, 7) is 0. The fraction of sp³-hybridized carbons (Fsp3) is 0.150. The van der Waals surface area contributed by atoms with Gasteiger partial charge in [-0.25, -0.2) is 4.98 Å². The van der Waals surface area contributed by atoms with Gasteiger partial charge in [-0.2, -0.15) is 4.68 Å². The molecule has 4 aromatic rings. The zero-order valence-corrected chi connectivity index (χ0v) is 15.3. The smallest absolute Gasteiger partial charge is 0.280 e. The van der Waals surface area contributed by atoms with E-state index in [1.54, 1.807) is 13.2 Å². The highest BCUT2D eigenvalue weighted by Gasteiger charge is 2.18. The lowest BCUT2D eigenvalue weighted by Crippen LogP contribution is -2.16. The molecule has 0 atom stereocenters. The van der Waals surface area contributed by atoms with Crippen molar-refractivity contribution in [2.24, 2.45) is 0 Å². The number of ether oxygens (including phenoxy) is 1. The van der Waals surface area contributed by atoms with Gasteiger partial charge < -0.3 is 15.4 Å². The number of benzene rings is 2. The van der Waals surface area contributed by atoms with E-state index >= 15 is 0 Å². The van der Waals surface area contributed by atoms with Crippen LogP contribution in [-0.2, 0) is 0 Å². The van der Waals surface area contributed by atoms with Gasteiger partial charge in [-0.3, -0.25) is 4.79 Å². The number of hydrogen-bond donors (Lipinski definition) is 1. The normalized spacial score (nSPS) is 11.1. The summed E-state index contributed by atoms with van der Waals surface area (Å²) in [4.78, 5) is 19.6. The van der Waals surface area contributed by atoms with Crippen LogP contribution in [0.2, 0.25) is 0 Å². The highest BCUT2D eigenvalue weighted by molar-refractivity contribution is 6.05. The highest BCUT2D eigenvalue weighted by Crippen LogP contribution is 2.27. The number of anilines is 2. The average Bonchev–Trinajstić information content (AvgIpc) is 3.01. The molecule has 0 amide bonds. The Labute approximate surface area is 156 Å². The number of fused-ring (bicyclic) bond motifs is 2. The molecule has 0 aliphatic heterocycles. The third-order valence-electron chi connectivity index (χ3n) is 4.49. The quantitative estimate of drug-likeness (QED) is 0.604. The van der Waals surface area contributed by atoms with Crippen molar-refractivity contribution < 1.29 is 9.53 Å². The Morgan fingerprint density at radius 1 is 1.15 bits per heavy atom. The molecule has 0 bridgehead atoms. The molecule has 2 aromatic carbocycles. The Balaban J connectivity index is 1.88. The van der Waals surface area contributed by atoms with Crippen molar-refractivity contribution in [3.63, 3.8) is 0 Å². The first-order valence-electron chi connectivity index (χ1n) is 8.43. The van der Waals surface area contributed by atoms with Crippen molar-refractivity contribution in [3.05, 3.63) is 54.1 Å². The third-order valence-corrected chi connectivity index (χ3v) is 4.49. The Bertz CT molecular complexity index is 1180. The van der Waals surface area contributed by atoms with Crippen LogP contribution in [0.5, 0.6) is 5.75 Å². The molecule has 2 N–H and O–H groups in total. The van der Waals surface area contributed by atoms with Gasteiger partial charge in [-0.15, -0.1) is 5.10 Å². The highest BCUT2D eigenvalue weighted by atomic mass is 16.5. The Kier molecular flexibility index (Phi) is 3.92. The topological polar surface area (TPSA) is 86.3 Å². The number of hydrogen-bond acceptors (Lipinski definition) is 6. The van der Waals surface area contributed by atoms with Gasteiger partial charge in [-0.1, -0.05) is 6.07 Å². The van der Waals surface area contributed by atoms with Crippen LogP contribution < -0.4 is 15.4 Å². The van der Waals surface area contributed by atoms with Crippen molar-refractivity contribution in [3.8, 4) is 5.75 Å². The van der Waals surface area contributed by atoms with Gasteiger partial charge in [0.05, 0.1) is 18.0 Å². The van der Waals surface area contributed by atoms with E-state index in [1.807, 2.05) is 61.5 Å². The van der Waals surface area contributed by atoms with Crippen molar-refractivity contribution in [2.45, 2.75) is 0 Å². The Morgan fingerprint density at radius 3 is 2.70 bits per heavy atom. The minimum Gasteiger partial charge on any atom is -0.497 e. The number of aromatic nitrogens is 3. The molecule has 2 aromatic heterocycles. The first kappa shape index (κ1) is 16.8. The lowest BCUT2D eigenvalue weighted by molar-refractivity contribution is 0.0950. The number of nitrogen functional groups attached to an aromatic ring is 1. The molecule has 7 nitrogen and oxygen atoms in total. The van der Waals surface area contributed by atoms with E-state index < -0.39 is 0 Å². The number of methoxy groups -OCH3 is 1. The summed E-state index contributed by atoms with van der Waals surface area (Å²) in [5.41, 5.74) is 8.68. The largest absolute Gasteiger partial charge is 0.497 e. The number of pyridine rings is 1. The van der Waals surface area contributed by atoms with E-state index in [1.165, 1.54) is 4.68 Å². The van der Waals surface area contributed by atoms with Crippen LogP contribution in [0.3, 0.4) is 0 Å². The van der Waals surface area contributed by atoms with Crippen LogP contribution in [0.25, 0.3) is 21.9 Å². The van der Waals surface area contributed by atoms with Gasteiger partial charge >= 0.3 is 0 Å². The molecule has 0 spiro atoms. The Hall–Kier alpha value is -3.61. The van der Waals surface area contributed by atoms with Crippen molar-refractivity contribution in [1.82, 2.24) is 14.8 Å². The summed E-state index contributed by atoms with van der Waals surface area (Å²) in [7, 11) is 5.46. The van der Waals surface area contributed by atoms with Crippen molar-refractivity contribution >= 4 is 39.3 Å². The maximum Gasteiger partial charge on any atom is 0.280 e. The summed E-state index contributed by atoms with van der Waals surface area (Å²) >= 11 is 0. The number of carbonyl (C=O) groups excluding carboxylic acids is 1. The molecule has 27 heavy (non-hydrogen) atoms. The summed E-state index contributed by atoms with van der Waals surface area (Å²) in [6.07, 6.45) is 0. The van der Waals surface area contributed by atoms with E-state index in [-0.39, 0.29) is 11.7 Å². The van der Waals surface area contributed by atoms with Crippen LogP contribution >= 0.6 is 0 Å². The van der Waals surface area contributed by atoms with Gasteiger partial charge in [0.1, 0.15) is 5.75 Å². The third kappa shape index (κ3) is 2.83. The number of rotatable bonds is 3. The molecule has 136 valence electrons. The first-order chi connectivity index (χ1) is 13.0. The number of nitrogens with zero attached hydrogens (tertiary/aromatic N) is 4. The lowest BCUT2D eigenvalue weighted by atomic mass is 10.1. The monoisotopic (exact) mass is 361 g/mol. The second-order valence-corrected chi connectivity index (χ2v) is 6.47. The van der Waals surface area contributed by atoms with Crippen LogP contribution in [0.4, 0.5) is 11.5 Å². The predicted molar refractivity (Wildman–Crippen MR) is 106 cm³/mol. The summed E-state index contributed by atoms with van der Waals surface area (Å²) < 4.78 is 6.53. The van der Waals surface area contributed by atoms with Gasteiger partial charge in [0.25, 0.3) is 5.91 Å². The molecule has 0 saturated heterocycles. The van der Waals surface area contributed by atoms with Crippen LogP contribution in [0.1, 0.15) is 10.4 Å². The lowest BCUT2D eigenvalue weighted by Gasteiger charge is -2.13. The number of nitrogens with two attached hydrogens (primary N) is 1. The number of carbonyl (C=O) groups is 1. The minimum absolute atomic E-state index is 0.263. The van der Waals surface area contributed by atoms with E-state index in [9.17, 15) is 4.79 Å². The fourth-order valence-corrected chi connectivity index (χ4v) is 3.01. The zero-order chi connectivity index (χ0) is 19.1. The van der Waals surface area contributed by atoms with E-state index in [4.69, 9.17) is 10.5 Å². The maximum absolute atomic E-state index is 13.1. The van der Waals surface area contributed by atoms with Gasteiger partial charge in [0.2, 0.25) is 0 Å². The zero-order valence-electron chi connectivity index (χ0n) is 15.3. The SMILES string of the molecule is COc1ccc2nc3c(cc2c1)c(N)nn3C(=O)c1cccc(N(C)C)c1. The van der Waals surface area contributed by atoms with Crippen molar-refractivity contribution in [1.29, 1.82) is 0 Å². The molecule has 2 heterocycles. The molecule has 0 unspecified atom stereocenters. The second-order valence-electron chi connectivity index (χ2n) is 6.47. The average molecular weight is 361 g/mol.